The van der Waals surface area contributed by atoms with Crippen molar-refractivity contribution in [2.75, 3.05) is 19.0 Å². The maximum Gasteiger partial charge on any atom is 0.167 e. The largest absolute Gasteiger partial charge is 0.378 e. The van der Waals surface area contributed by atoms with E-state index in [0.717, 1.165) is 21.3 Å². The number of carbonyl (C=O) groups excluding carboxylic acids is 1. The number of Topliss-reactive ketones (excluding diaryl/α,β-unsaturated/α-hetero) is 1. The average molecular weight is 319 g/mol. The normalized spacial score (nSPS) is 10.3. The summed E-state index contributed by atoms with van der Waals surface area (Å²) in [5.41, 5.74) is 2.72. The third-order valence-electron chi connectivity index (χ3n) is 2.83. The van der Waals surface area contributed by atoms with E-state index < -0.39 is 0 Å². The Balaban J connectivity index is 2.11. The van der Waals surface area contributed by atoms with Crippen molar-refractivity contribution in [3.8, 4) is 0 Å². The minimum absolute atomic E-state index is 0.102. The van der Waals surface area contributed by atoms with Gasteiger partial charge in [0.1, 0.15) is 0 Å². The number of anilines is 1. The van der Waals surface area contributed by atoms with Crippen LogP contribution in [0.15, 0.2) is 47.2 Å². The Bertz CT molecular complexity index is 579. The van der Waals surface area contributed by atoms with Gasteiger partial charge in [-0.1, -0.05) is 0 Å². The van der Waals surface area contributed by atoms with Crippen molar-refractivity contribution in [3.63, 3.8) is 0 Å². The highest BCUT2D eigenvalue weighted by atomic mass is 79.9. The van der Waals surface area contributed by atoms with Crippen molar-refractivity contribution < 1.29 is 4.79 Å². The third-order valence-corrected chi connectivity index (χ3v) is 3.27. The Hall–Kier alpha value is -1.68. The highest BCUT2D eigenvalue weighted by Gasteiger charge is 2.08. The van der Waals surface area contributed by atoms with Gasteiger partial charge in [-0.15, -0.1) is 0 Å². The van der Waals surface area contributed by atoms with Crippen LogP contribution in [0.3, 0.4) is 0 Å². The van der Waals surface area contributed by atoms with Crippen LogP contribution in [-0.2, 0) is 6.42 Å². The quantitative estimate of drug-likeness (QED) is 0.811. The van der Waals surface area contributed by atoms with Crippen molar-refractivity contribution in [2.24, 2.45) is 0 Å². The van der Waals surface area contributed by atoms with Crippen LogP contribution in [0.2, 0.25) is 0 Å². The van der Waals surface area contributed by atoms with Crippen LogP contribution >= 0.6 is 15.9 Å². The second kappa shape index (κ2) is 5.97. The molecule has 98 valence electrons. The molecule has 0 atom stereocenters. The van der Waals surface area contributed by atoms with Gasteiger partial charge in [-0.3, -0.25) is 9.78 Å². The summed E-state index contributed by atoms with van der Waals surface area (Å²) in [4.78, 5) is 18.2. The molecule has 0 fully saturated rings. The molecule has 0 aliphatic rings. The Labute approximate surface area is 121 Å². The monoisotopic (exact) mass is 318 g/mol. The Morgan fingerprint density at radius 2 is 1.89 bits per heavy atom. The summed E-state index contributed by atoms with van der Waals surface area (Å²) in [5, 5.41) is 0. The van der Waals surface area contributed by atoms with Gasteiger partial charge in [-0.05, 0) is 51.8 Å². The molecule has 0 N–H and O–H groups in total. The summed E-state index contributed by atoms with van der Waals surface area (Å²) >= 11 is 3.35. The smallest absolute Gasteiger partial charge is 0.167 e. The number of aromatic nitrogens is 1. The zero-order valence-electron chi connectivity index (χ0n) is 10.9. The SMILES string of the molecule is CN(C)c1ccc(C(=O)Cc2cncc(Br)c2)cc1. The molecular formula is C15H15BrN2O. The maximum atomic E-state index is 12.1. The second-order valence-corrected chi connectivity index (χ2v) is 5.47. The number of ketones is 1. The first-order valence-corrected chi connectivity index (χ1v) is 6.75. The molecule has 2 rings (SSSR count). The van der Waals surface area contributed by atoms with Crippen LogP contribution < -0.4 is 4.90 Å². The molecule has 19 heavy (non-hydrogen) atoms. The Morgan fingerprint density at radius 1 is 1.21 bits per heavy atom. The lowest BCUT2D eigenvalue weighted by atomic mass is 10.0. The fourth-order valence-corrected chi connectivity index (χ4v) is 2.20. The van der Waals surface area contributed by atoms with Crippen LogP contribution in [0.25, 0.3) is 0 Å². The van der Waals surface area contributed by atoms with Gasteiger partial charge < -0.3 is 4.90 Å². The first-order chi connectivity index (χ1) is 9.06. The van der Waals surface area contributed by atoms with Gasteiger partial charge in [0.15, 0.2) is 5.78 Å². The molecule has 0 radical (unpaired) electrons. The number of pyridine rings is 1. The lowest BCUT2D eigenvalue weighted by molar-refractivity contribution is 0.0993. The lowest BCUT2D eigenvalue weighted by Gasteiger charge is -2.12. The standard InChI is InChI=1S/C15H15BrN2O/c1-18(2)14-5-3-12(4-6-14)15(19)8-11-7-13(16)10-17-9-11/h3-7,9-10H,8H2,1-2H3. The lowest BCUT2D eigenvalue weighted by Crippen LogP contribution is -2.09. The molecule has 1 aromatic heterocycles. The molecule has 0 amide bonds. The van der Waals surface area contributed by atoms with Crippen LogP contribution in [0.1, 0.15) is 15.9 Å². The predicted molar refractivity (Wildman–Crippen MR) is 80.7 cm³/mol. The fraction of sp³-hybridized carbons (Fsp3) is 0.200. The highest BCUT2D eigenvalue weighted by molar-refractivity contribution is 9.10. The van der Waals surface area contributed by atoms with Crippen LogP contribution in [-0.4, -0.2) is 24.9 Å². The number of benzene rings is 1. The number of halogens is 1. The molecule has 0 spiro atoms. The number of rotatable bonds is 4. The Kier molecular flexibility index (Phi) is 4.32. The summed E-state index contributed by atoms with van der Waals surface area (Å²) in [7, 11) is 3.95. The van der Waals surface area contributed by atoms with Crippen molar-refractivity contribution in [1.82, 2.24) is 4.98 Å². The van der Waals surface area contributed by atoms with Gasteiger partial charge in [-0.2, -0.15) is 0 Å². The molecule has 2 aromatic rings. The van der Waals surface area contributed by atoms with Crippen molar-refractivity contribution >= 4 is 27.4 Å². The molecule has 0 saturated carbocycles. The minimum atomic E-state index is 0.102. The van der Waals surface area contributed by atoms with Gasteiger partial charge in [0.05, 0.1) is 0 Å². The van der Waals surface area contributed by atoms with Gasteiger partial charge in [0, 0.05) is 48.6 Å². The molecule has 1 aromatic carbocycles. The van der Waals surface area contributed by atoms with E-state index in [1.165, 1.54) is 0 Å². The van der Waals surface area contributed by atoms with Gasteiger partial charge in [0.2, 0.25) is 0 Å². The zero-order chi connectivity index (χ0) is 13.8. The van der Waals surface area contributed by atoms with Crippen LogP contribution in [0, 0.1) is 0 Å². The number of carbonyl (C=O) groups is 1. The molecule has 0 aliphatic heterocycles. The molecule has 1 heterocycles. The van der Waals surface area contributed by atoms with E-state index in [1.807, 2.05) is 49.3 Å². The van der Waals surface area contributed by atoms with Crippen molar-refractivity contribution in [3.05, 3.63) is 58.3 Å². The van der Waals surface area contributed by atoms with E-state index in [4.69, 9.17) is 0 Å². The van der Waals surface area contributed by atoms with E-state index in [2.05, 4.69) is 20.9 Å². The predicted octanol–water partition coefficient (Wildman–Crippen LogP) is 3.34. The summed E-state index contributed by atoms with van der Waals surface area (Å²) in [5.74, 6) is 0.102. The van der Waals surface area contributed by atoms with E-state index in [1.54, 1.807) is 12.4 Å². The first-order valence-electron chi connectivity index (χ1n) is 5.96. The van der Waals surface area contributed by atoms with Crippen LogP contribution in [0.5, 0.6) is 0 Å². The Morgan fingerprint density at radius 3 is 2.47 bits per heavy atom. The van der Waals surface area contributed by atoms with Gasteiger partial charge >= 0.3 is 0 Å². The zero-order valence-corrected chi connectivity index (χ0v) is 12.5. The minimum Gasteiger partial charge on any atom is -0.378 e. The molecule has 3 nitrogen and oxygen atoms in total. The molecule has 0 bridgehead atoms. The molecular weight excluding hydrogens is 304 g/mol. The summed E-state index contributed by atoms with van der Waals surface area (Å²) in [6.07, 6.45) is 3.80. The van der Waals surface area contributed by atoms with Crippen molar-refractivity contribution in [1.29, 1.82) is 0 Å². The number of hydrogen-bond acceptors (Lipinski definition) is 3. The average Bonchev–Trinajstić information content (AvgIpc) is 2.39. The summed E-state index contributed by atoms with van der Waals surface area (Å²) in [6.45, 7) is 0. The first kappa shape index (κ1) is 13.7. The van der Waals surface area contributed by atoms with E-state index in [-0.39, 0.29) is 5.78 Å². The van der Waals surface area contributed by atoms with E-state index in [0.29, 0.717) is 6.42 Å². The topological polar surface area (TPSA) is 33.2 Å². The highest BCUT2D eigenvalue weighted by Crippen LogP contribution is 2.15. The fourth-order valence-electron chi connectivity index (χ4n) is 1.79. The van der Waals surface area contributed by atoms with Crippen LogP contribution in [0.4, 0.5) is 5.69 Å². The summed E-state index contributed by atoms with van der Waals surface area (Å²) < 4.78 is 0.890. The molecule has 0 saturated heterocycles. The second-order valence-electron chi connectivity index (χ2n) is 4.55. The molecule has 0 unspecified atom stereocenters. The summed E-state index contributed by atoms with van der Waals surface area (Å²) in [6, 6.07) is 9.55. The maximum absolute atomic E-state index is 12.1. The third kappa shape index (κ3) is 3.64. The van der Waals surface area contributed by atoms with Gasteiger partial charge in [-0.25, -0.2) is 0 Å². The number of nitrogens with zero attached hydrogens (tertiary/aromatic N) is 2. The van der Waals surface area contributed by atoms with E-state index >= 15 is 0 Å². The number of hydrogen-bond donors (Lipinski definition) is 0. The van der Waals surface area contributed by atoms with Gasteiger partial charge in [0.25, 0.3) is 0 Å². The van der Waals surface area contributed by atoms with Crippen molar-refractivity contribution in [2.45, 2.75) is 6.42 Å². The van der Waals surface area contributed by atoms with E-state index in [9.17, 15) is 4.79 Å². The molecule has 4 heteroatoms. The molecule has 0 aliphatic carbocycles.